The normalized spacial score (nSPS) is 13.0. The molecule has 2 amide bonds. The van der Waals surface area contributed by atoms with Gasteiger partial charge in [0.1, 0.15) is 29.5 Å². The van der Waals surface area contributed by atoms with Gasteiger partial charge in [-0.15, -0.1) is 0 Å². The fourth-order valence-electron chi connectivity index (χ4n) is 3.97. The number of rotatable bonds is 6. The average molecular weight is 589 g/mol. The molecule has 1 aromatic carbocycles. The molecule has 1 aliphatic rings. The quantitative estimate of drug-likeness (QED) is 0.250. The summed E-state index contributed by atoms with van der Waals surface area (Å²) in [6, 6.07) is 12.4. The van der Waals surface area contributed by atoms with E-state index in [-0.39, 0.29) is 5.41 Å². The summed E-state index contributed by atoms with van der Waals surface area (Å²) >= 11 is 0. The van der Waals surface area contributed by atoms with Crippen molar-refractivity contribution in [3.05, 3.63) is 71.9 Å². The van der Waals surface area contributed by atoms with E-state index in [1.807, 2.05) is 89.5 Å². The summed E-state index contributed by atoms with van der Waals surface area (Å²) in [5, 5.41) is 9.35. The van der Waals surface area contributed by atoms with Crippen molar-refractivity contribution in [3.8, 4) is 17.6 Å². The Bertz CT molecular complexity index is 1490. The predicted octanol–water partition coefficient (Wildman–Crippen LogP) is 6.43. The Morgan fingerprint density at radius 3 is 2.37 bits per heavy atom. The number of anilines is 2. The predicted molar refractivity (Wildman–Crippen MR) is 171 cm³/mol. The molecule has 3 aromatic heterocycles. The van der Waals surface area contributed by atoms with E-state index in [0.29, 0.717) is 29.6 Å². The van der Waals surface area contributed by atoms with Gasteiger partial charge in [-0.25, -0.2) is 9.78 Å². The molecule has 0 saturated carbocycles. The molecule has 1 aliphatic heterocycles. The van der Waals surface area contributed by atoms with Crippen molar-refractivity contribution in [2.24, 2.45) is 0 Å². The van der Waals surface area contributed by atoms with E-state index in [2.05, 4.69) is 37.5 Å². The number of benzene rings is 1. The van der Waals surface area contributed by atoms with E-state index < -0.39 is 6.03 Å². The van der Waals surface area contributed by atoms with Crippen molar-refractivity contribution in [1.29, 1.82) is 0 Å². The van der Waals surface area contributed by atoms with Crippen LogP contribution in [0.25, 0.3) is 5.65 Å². The monoisotopic (exact) mass is 588 g/mol. The molecule has 4 aromatic rings. The third-order valence-electron chi connectivity index (χ3n) is 6.17. The van der Waals surface area contributed by atoms with Crippen molar-refractivity contribution >= 4 is 23.2 Å². The smallest absolute Gasteiger partial charge is 0.324 e. The van der Waals surface area contributed by atoms with Gasteiger partial charge < -0.3 is 23.7 Å². The SMILES string of the molecule is CC.CC.CC(C)(C)c1cc(NC(=O)Nc2ccc(C#Cc3cn4cc(OCCN5CCOCC5)ccc4n3)cc2)no1. The van der Waals surface area contributed by atoms with E-state index in [1.165, 1.54) is 0 Å². The summed E-state index contributed by atoms with van der Waals surface area (Å²) in [6.45, 7) is 19.0. The molecule has 1 saturated heterocycles. The lowest BCUT2D eigenvalue weighted by atomic mass is 9.93. The van der Waals surface area contributed by atoms with Gasteiger partial charge in [0.05, 0.1) is 19.4 Å². The zero-order valence-corrected chi connectivity index (χ0v) is 26.4. The average Bonchev–Trinajstić information content (AvgIpc) is 3.66. The van der Waals surface area contributed by atoms with Crippen molar-refractivity contribution in [2.45, 2.75) is 53.9 Å². The molecule has 0 unspecified atom stereocenters. The van der Waals surface area contributed by atoms with E-state index in [0.717, 1.165) is 49.8 Å². The van der Waals surface area contributed by atoms with Crippen LogP contribution in [0.5, 0.6) is 5.75 Å². The number of nitrogens with zero attached hydrogens (tertiary/aromatic N) is 4. The van der Waals surface area contributed by atoms with Crippen molar-refractivity contribution in [2.75, 3.05) is 50.1 Å². The first-order chi connectivity index (χ1) is 20.8. The van der Waals surface area contributed by atoms with Crippen LogP contribution in [-0.2, 0) is 10.2 Å². The van der Waals surface area contributed by atoms with Gasteiger partial charge in [-0.05, 0) is 42.3 Å². The van der Waals surface area contributed by atoms with Gasteiger partial charge in [0.25, 0.3) is 0 Å². The van der Waals surface area contributed by atoms with Crippen molar-refractivity contribution < 1.29 is 18.8 Å². The van der Waals surface area contributed by atoms with Crippen LogP contribution in [0.4, 0.5) is 16.3 Å². The second-order valence-corrected chi connectivity index (χ2v) is 10.3. The number of pyridine rings is 1. The minimum absolute atomic E-state index is 0.190. The van der Waals surface area contributed by atoms with Gasteiger partial charge in [0, 0.05) is 48.6 Å². The van der Waals surface area contributed by atoms with Crippen molar-refractivity contribution in [1.82, 2.24) is 19.4 Å². The number of ether oxygens (including phenoxy) is 2. The number of fused-ring (bicyclic) bond motifs is 1. The first kappa shape index (κ1) is 33.2. The van der Waals surface area contributed by atoms with Crippen molar-refractivity contribution in [3.63, 3.8) is 0 Å². The summed E-state index contributed by atoms with van der Waals surface area (Å²) in [4.78, 5) is 19.2. The Balaban J connectivity index is 0.00000121. The van der Waals surface area contributed by atoms with E-state index in [9.17, 15) is 4.79 Å². The number of morpholine rings is 1. The Labute approximate surface area is 254 Å². The van der Waals surface area contributed by atoms with E-state index >= 15 is 0 Å². The molecule has 10 nitrogen and oxygen atoms in total. The summed E-state index contributed by atoms with van der Waals surface area (Å²) in [5.74, 6) is 8.07. The second-order valence-electron chi connectivity index (χ2n) is 10.3. The molecule has 5 rings (SSSR count). The summed E-state index contributed by atoms with van der Waals surface area (Å²) in [6.07, 6.45) is 3.80. The van der Waals surface area contributed by atoms with Crippen LogP contribution < -0.4 is 15.4 Å². The molecule has 10 heteroatoms. The largest absolute Gasteiger partial charge is 0.491 e. The summed E-state index contributed by atoms with van der Waals surface area (Å²) in [7, 11) is 0. The van der Waals surface area contributed by atoms with Crippen LogP contribution in [0.2, 0.25) is 0 Å². The van der Waals surface area contributed by atoms with Gasteiger partial charge in [-0.3, -0.25) is 10.2 Å². The maximum atomic E-state index is 12.3. The van der Waals surface area contributed by atoms with E-state index in [4.69, 9.17) is 14.0 Å². The van der Waals surface area contributed by atoms with Crippen LogP contribution in [-0.4, -0.2) is 64.9 Å². The molecule has 0 aliphatic carbocycles. The lowest BCUT2D eigenvalue weighted by Gasteiger charge is -2.26. The van der Waals surface area contributed by atoms with Crippen LogP contribution in [0.15, 0.2) is 59.4 Å². The number of imidazole rings is 1. The number of carbonyl (C=O) groups is 1. The lowest BCUT2D eigenvalue weighted by molar-refractivity contribution is 0.0322. The number of hydrogen-bond donors (Lipinski definition) is 2. The highest BCUT2D eigenvalue weighted by Crippen LogP contribution is 2.24. The molecule has 230 valence electrons. The molecule has 0 atom stereocenters. The molecule has 1 fully saturated rings. The molecular weight excluding hydrogens is 544 g/mol. The number of amides is 2. The Morgan fingerprint density at radius 1 is 0.977 bits per heavy atom. The van der Waals surface area contributed by atoms with Crippen LogP contribution >= 0.6 is 0 Å². The molecule has 0 radical (unpaired) electrons. The highest BCUT2D eigenvalue weighted by Gasteiger charge is 2.20. The third kappa shape index (κ3) is 10.2. The van der Waals surface area contributed by atoms with Gasteiger partial charge >= 0.3 is 6.03 Å². The zero-order chi connectivity index (χ0) is 31.2. The highest BCUT2D eigenvalue weighted by molar-refractivity contribution is 5.99. The van der Waals surface area contributed by atoms with E-state index in [1.54, 1.807) is 18.2 Å². The number of carbonyl (C=O) groups excluding carboxylic acids is 1. The molecule has 2 N–H and O–H groups in total. The van der Waals surface area contributed by atoms with Crippen LogP contribution in [0.1, 0.15) is 65.5 Å². The van der Waals surface area contributed by atoms with Crippen LogP contribution in [0.3, 0.4) is 0 Å². The number of aromatic nitrogens is 3. The molecule has 43 heavy (non-hydrogen) atoms. The minimum Gasteiger partial charge on any atom is -0.491 e. The fraction of sp³-hybridized carbons (Fsp3) is 0.424. The lowest BCUT2D eigenvalue weighted by Crippen LogP contribution is -2.38. The Morgan fingerprint density at radius 2 is 1.70 bits per heavy atom. The third-order valence-corrected chi connectivity index (χ3v) is 6.17. The fourth-order valence-corrected chi connectivity index (χ4v) is 3.97. The Hall–Kier alpha value is -4.33. The Kier molecular flexibility index (Phi) is 12.6. The summed E-state index contributed by atoms with van der Waals surface area (Å²) in [5.41, 5.74) is 2.70. The first-order valence-corrected chi connectivity index (χ1v) is 14.9. The number of hydrogen-bond acceptors (Lipinski definition) is 7. The van der Waals surface area contributed by atoms with Gasteiger partial charge in [0.2, 0.25) is 0 Å². The highest BCUT2D eigenvalue weighted by atomic mass is 16.5. The summed E-state index contributed by atoms with van der Waals surface area (Å²) < 4.78 is 18.5. The topological polar surface area (TPSA) is 106 Å². The standard InChI is InChI=1S/C29H32N6O4.2C2H6/c1-29(2,3)25-18-26(33-39-25)32-28(36)31-22-7-4-21(5-8-22)6-9-23-19-35-20-24(10-11-27(35)30-23)38-17-14-34-12-15-37-16-13-34;2*1-2/h4-5,7-8,10-11,18-20H,12-17H2,1-3H3,(H2,31,32,33,36);2*1-2H3. The number of urea groups is 1. The second kappa shape index (κ2) is 16.3. The van der Waals surface area contributed by atoms with Crippen LogP contribution in [0, 0.1) is 11.8 Å². The van der Waals surface area contributed by atoms with Gasteiger partial charge in [-0.1, -0.05) is 59.5 Å². The van der Waals surface area contributed by atoms with Gasteiger partial charge in [-0.2, -0.15) is 0 Å². The molecular formula is C33H44N6O4. The molecule has 4 heterocycles. The molecule has 0 bridgehead atoms. The van der Waals surface area contributed by atoms with Gasteiger partial charge in [0.15, 0.2) is 5.82 Å². The maximum Gasteiger partial charge on any atom is 0.324 e. The maximum absolute atomic E-state index is 12.3. The zero-order valence-electron chi connectivity index (χ0n) is 26.4. The first-order valence-electron chi connectivity index (χ1n) is 14.9. The minimum atomic E-state index is -0.406. The molecule has 0 spiro atoms. The number of nitrogens with one attached hydrogen (secondary N) is 2.